The van der Waals surface area contributed by atoms with Gasteiger partial charge in [-0.25, -0.2) is 9.07 Å². The molecule has 7 nitrogen and oxygen atoms in total. The summed E-state index contributed by atoms with van der Waals surface area (Å²) in [6.07, 6.45) is 1.46. The van der Waals surface area contributed by atoms with E-state index in [0.29, 0.717) is 35.7 Å². The maximum Gasteiger partial charge on any atom is 0.249 e. The third kappa shape index (κ3) is 6.02. The van der Waals surface area contributed by atoms with Crippen molar-refractivity contribution in [2.45, 2.75) is 46.2 Å². The summed E-state index contributed by atoms with van der Waals surface area (Å²) in [7, 11) is 0. The number of fused-ring (bicyclic) bond motifs is 1. The second kappa shape index (κ2) is 11.8. The van der Waals surface area contributed by atoms with Crippen LogP contribution in [-0.4, -0.2) is 33.4 Å². The van der Waals surface area contributed by atoms with Crippen LogP contribution in [0.1, 0.15) is 44.4 Å². The zero-order valence-electron chi connectivity index (χ0n) is 21.4. The number of halogens is 1. The fraction of sp³-hybridized carbons (Fsp3) is 0.310. The molecule has 0 unspecified atom stereocenters. The molecule has 3 aromatic carbocycles. The van der Waals surface area contributed by atoms with Crippen LogP contribution in [0.25, 0.3) is 11.0 Å². The lowest BCUT2D eigenvalue weighted by Crippen LogP contribution is -2.46. The first-order valence-corrected chi connectivity index (χ1v) is 12.6. The predicted octanol–water partition coefficient (Wildman–Crippen LogP) is 5.07. The maximum absolute atomic E-state index is 14.1. The second-order valence-electron chi connectivity index (χ2n) is 9.41. The van der Waals surface area contributed by atoms with Gasteiger partial charge in [-0.15, -0.1) is 5.10 Å². The van der Waals surface area contributed by atoms with Crippen LogP contribution in [0, 0.1) is 11.7 Å². The molecule has 37 heavy (non-hydrogen) atoms. The minimum atomic E-state index is -0.997. The van der Waals surface area contributed by atoms with Crippen LogP contribution in [0.3, 0.4) is 0 Å². The van der Waals surface area contributed by atoms with Gasteiger partial charge in [-0.2, -0.15) is 0 Å². The number of nitrogens with one attached hydrogen (secondary N) is 1. The minimum absolute atomic E-state index is 0.116. The smallest absolute Gasteiger partial charge is 0.249 e. The number of anilines is 1. The van der Waals surface area contributed by atoms with Crippen molar-refractivity contribution >= 4 is 28.5 Å². The van der Waals surface area contributed by atoms with E-state index >= 15 is 0 Å². The van der Waals surface area contributed by atoms with Crippen LogP contribution < -0.4 is 10.2 Å². The normalized spacial score (nSPS) is 12.0. The third-order valence-electron chi connectivity index (χ3n) is 6.32. The first-order chi connectivity index (χ1) is 17.9. The standard InChI is InChI=1S/C29H32FN5O2/c1-4-21-9-5-7-11-25(21)35(27(36)19-34-26-12-8-6-10-24(26)32-33-34)28(22-13-15-23(30)16-14-22)29(37)31-18-17-20(2)3/h5-16,20,28H,4,17-19H2,1-3H3,(H,31,37)/t28-/m1/s1. The molecule has 0 aliphatic heterocycles. The highest BCUT2D eigenvalue weighted by Gasteiger charge is 2.34. The highest BCUT2D eigenvalue weighted by atomic mass is 19.1. The Morgan fingerprint density at radius 1 is 1.00 bits per heavy atom. The molecule has 0 spiro atoms. The topological polar surface area (TPSA) is 80.1 Å². The second-order valence-corrected chi connectivity index (χ2v) is 9.41. The Kier molecular flexibility index (Phi) is 8.28. The van der Waals surface area contributed by atoms with Crippen molar-refractivity contribution in [2.24, 2.45) is 5.92 Å². The van der Waals surface area contributed by atoms with Gasteiger partial charge in [0.25, 0.3) is 0 Å². The Labute approximate surface area is 216 Å². The lowest BCUT2D eigenvalue weighted by atomic mass is 10.0. The van der Waals surface area contributed by atoms with E-state index in [1.165, 1.54) is 21.7 Å². The first-order valence-electron chi connectivity index (χ1n) is 12.6. The molecule has 1 aromatic heterocycles. The number of carbonyl (C=O) groups is 2. The number of hydrogen-bond acceptors (Lipinski definition) is 4. The average molecular weight is 502 g/mol. The molecule has 0 bridgehead atoms. The summed E-state index contributed by atoms with van der Waals surface area (Å²) in [5.74, 6) is -0.660. The number of nitrogens with zero attached hydrogens (tertiary/aromatic N) is 4. The van der Waals surface area contributed by atoms with Gasteiger partial charge in [0.15, 0.2) is 0 Å². The first kappa shape index (κ1) is 26.0. The summed E-state index contributed by atoms with van der Waals surface area (Å²) in [6, 6.07) is 19.7. The highest BCUT2D eigenvalue weighted by Crippen LogP contribution is 2.32. The SMILES string of the molecule is CCc1ccccc1N(C(=O)Cn1nnc2ccccc21)[C@@H](C(=O)NCCC(C)C)c1ccc(F)cc1. The van der Waals surface area contributed by atoms with Crippen LogP contribution in [-0.2, 0) is 22.6 Å². The van der Waals surface area contributed by atoms with Crippen LogP contribution in [0.5, 0.6) is 0 Å². The number of rotatable bonds is 10. The summed E-state index contributed by atoms with van der Waals surface area (Å²) in [4.78, 5) is 29.3. The summed E-state index contributed by atoms with van der Waals surface area (Å²) in [5.41, 5.74) is 3.47. The summed E-state index contributed by atoms with van der Waals surface area (Å²) >= 11 is 0. The summed E-state index contributed by atoms with van der Waals surface area (Å²) in [5, 5.41) is 11.3. The average Bonchev–Trinajstić information content (AvgIpc) is 3.30. The Morgan fingerprint density at radius 2 is 1.70 bits per heavy atom. The molecule has 0 radical (unpaired) electrons. The molecule has 0 fully saturated rings. The zero-order chi connectivity index (χ0) is 26.4. The van der Waals surface area contributed by atoms with Crippen molar-refractivity contribution in [3.8, 4) is 0 Å². The van der Waals surface area contributed by atoms with E-state index in [9.17, 15) is 14.0 Å². The van der Waals surface area contributed by atoms with Crippen molar-refractivity contribution in [3.05, 3.63) is 89.7 Å². The molecule has 192 valence electrons. The molecule has 1 heterocycles. The van der Waals surface area contributed by atoms with Gasteiger partial charge < -0.3 is 5.32 Å². The van der Waals surface area contributed by atoms with E-state index in [-0.39, 0.29) is 18.4 Å². The number of aromatic nitrogens is 3. The van der Waals surface area contributed by atoms with Crippen molar-refractivity contribution < 1.29 is 14.0 Å². The molecule has 0 aliphatic carbocycles. The molecular weight excluding hydrogens is 469 g/mol. The number of carbonyl (C=O) groups excluding carboxylic acids is 2. The molecule has 8 heteroatoms. The van der Waals surface area contributed by atoms with Gasteiger partial charge in [0.05, 0.1) is 5.52 Å². The number of benzene rings is 3. The Hall–Kier alpha value is -4.07. The van der Waals surface area contributed by atoms with E-state index in [1.807, 2.05) is 55.5 Å². The maximum atomic E-state index is 14.1. The molecular formula is C29H32FN5O2. The fourth-order valence-corrected chi connectivity index (χ4v) is 4.34. The fourth-order valence-electron chi connectivity index (χ4n) is 4.34. The van der Waals surface area contributed by atoms with Crippen LogP contribution in [0.15, 0.2) is 72.8 Å². The van der Waals surface area contributed by atoms with E-state index in [4.69, 9.17) is 0 Å². The monoisotopic (exact) mass is 501 g/mol. The van der Waals surface area contributed by atoms with E-state index < -0.39 is 11.9 Å². The van der Waals surface area contributed by atoms with Gasteiger partial charge in [-0.3, -0.25) is 14.5 Å². The summed E-state index contributed by atoms with van der Waals surface area (Å²) < 4.78 is 15.4. The van der Waals surface area contributed by atoms with Crippen molar-refractivity contribution in [1.82, 2.24) is 20.3 Å². The predicted molar refractivity (Wildman–Crippen MR) is 142 cm³/mol. The van der Waals surface area contributed by atoms with Crippen LogP contribution >= 0.6 is 0 Å². The number of para-hydroxylation sites is 2. The van der Waals surface area contributed by atoms with Crippen LogP contribution in [0.4, 0.5) is 10.1 Å². The Balaban J connectivity index is 1.79. The lowest BCUT2D eigenvalue weighted by Gasteiger charge is -2.33. The molecule has 4 rings (SSSR count). The van der Waals surface area contributed by atoms with Gasteiger partial charge >= 0.3 is 0 Å². The molecule has 0 saturated heterocycles. The Bertz CT molecular complexity index is 1370. The molecule has 1 atom stereocenters. The van der Waals surface area contributed by atoms with E-state index in [1.54, 1.807) is 12.1 Å². The van der Waals surface area contributed by atoms with Gasteiger partial charge in [-0.05, 0) is 60.2 Å². The van der Waals surface area contributed by atoms with E-state index in [2.05, 4.69) is 29.5 Å². The van der Waals surface area contributed by atoms with Gasteiger partial charge in [-0.1, -0.05) is 68.4 Å². The number of aryl methyl sites for hydroxylation is 1. The largest absolute Gasteiger partial charge is 0.354 e. The quantitative estimate of drug-likeness (QED) is 0.329. The third-order valence-corrected chi connectivity index (χ3v) is 6.32. The molecule has 1 N–H and O–H groups in total. The Morgan fingerprint density at radius 3 is 2.43 bits per heavy atom. The zero-order valence-corrected chi connectivity index (χ0v) is 21.4. The van der Waals surface area contributed by atoms with Crippen LogP contribution in [0.2, 0.25) is 0 Å². The van der Waals surface area contributed by atoms with Gasteiger partial charge in [0, 0.05) is 12.2 Å². The minimum Gasteiger partial charge on any atom is -0.354 e. The van der Waals surface area contributed by atoms with Gasteiger partial charge in [0.1, 0.15) is 23.9 Å². The van der Waals surface area contributed by atoms with Crippen molar-refractivity contribution in [3.63, 3.8) is 0 Å². The van der Waals surface area contributed by atoms with E-state index in [0.717, 1.165) is 17.5 Å². The van der Waals surface area contributed by atoms with Crippen molar-refractivity contribution in [1.29, 1.82) is 0 Å². The number of amides is 2. The number of hydrogen-bond donors (Lipinski definition) is 1. The highest BCUT2D eigenvalue weighted by molar-refractivity contribution is 6.02. The molecule has 2 amide bonds. The lowest BCUT2D eigenvalue weighted by molar-refractivity contribution is -0.127. The summed E-state index contributed by atoms with van der Waals surface area (Å²) in [6.45, 7) is 6.52. The molecule has 0 aliphatic rings. The molecule has 0 saturated carbocycles. The molecule has 4 aromatic rings. The van der Waals surface area contributed by atoms with Gasteiger partial charge in [0.2, 0.25) is 11.8 Å². The van der Waals surface area contributed by atoms with Crippen molar-refractivity contribution in [2.75, 3.05) is 11.4 Å².